The van der Waals surface area contributed by atoms with Crippen LogP contribution in [0, 0.1) is 10.1 Å². The normalized spacial score (nSPS) is 11.9. The number of carbonyl (C=O) groups is 2. The van der Waals surface area contributed by atoms with Gasteiger partial charge in [-0.3, -0.25) is 15.4 Å². The average Bonchev–Trinajstić information content (AvgIpc) is 2.81. The van der Waals surface area contributed by atoms with E-state index in [1.54, 1.807) is 75.4 Å². The van der Waals surface area contributed by atoms with Crippen molar-refractivity contribution in [3.8, 4) is 5.75 Å². The first-order valence-corrected chi connectivity index (χ1v) is 10.7. The molecule has 9 nitrogen and oxygen atoms in total. The Hall–Kier alpha value is -4.40. The van der Waals surface area contributed by atoms with Crippen LogP contribution in [0.15, 0.2) is 66.4 Å². The van der Waals surface area contributed by atoms with Crippen molar-refractivity contribution in [1.82, 2.24) is 5.32 Å². The Bertz CT molecular complexity index is 1320. The van der Waals surface area contributed by atoms with E-state index in [-0.39, 0.29) is 22.5 Å². The molecule has 9 heteroatoms. The van der Waals surface area contributed by atoms with Crippen LogP contribution in [-0.2, 0) is 14.3 Å². The quantitative estimate of drug-likeness (QED) is 0.224. The van der Waals surface area contributed by atoms with Crippen molar-refractivity contribution in [2.75, 3.05) is 14.2 Å². The van der Waals surface area contributed by atoms with Crippen molar-refractivity contribution in [1.29, 1.82) is 0 Å². The van der Waals surface area contributed by atoms with Crippen LogP contribution in [0.2, 0.25) is 0 Å². The van der Waals surface area contributed by atoms with Gasteiger partial charge in [-0.25, -0.2) is 9.59 Å². The number of hydrogen-bond donors (Lipinski definition) is 1. The molecule has 3 aromatic rings. The summed E-state index contributed by atoms with van der Waals surface area (Å²) in [5.41, 5.74) is -0.811. The van der Waals surface area contributed by atoms with Gasteiger partial charge in [0, 0.05) is 5.57 Å². The smallest absolute Gasteiger partial charge is 0.412 e. The third-order valence-corrected chi connectivity index (χ3v) is 4.98. The lowest BCUT2D eigenvalue weighted by atomic mass is 9.91. The molecule has 1 amide bonds. The molecular formula is C26H26N2O7. The minimum absolute atomic E-state index is 0.0825. The Balaban J connectivity index is 2.41. The number of nitrogens with zero attached hydrogens (tertiary/aromatic N) is 1. The summed E-state index contributed by atoms with van der Waals surface area (Å²) in [4.78, 5) is 37.4. The van der Waals surface area contributed by atoms with Crippen LogP contribution < -0.4 is 10.1 Å². The molecule has 0 fully saturated rings. The number of nitrogens with one attached hydrogen (secondary N) is 1. The number of carbonyl (C=O) groups excluding carboxylic acids is 2. The largest absolute Gasteiger partial charge is 0.497 e. The summed E-state index contributed by atoms with van der Waals surface area (Å²) in [7, 11) is 2.62. The van der Waals surface area contributed by atoms with E-state index in [4.69, 9.17) is 14.2 Å². The lowest BCUT2D eigenvalue weighted by molar-refractivity contribution is -0.383. The third-order valence-electron chi connectivity index (χ3n) is 4.98. The minimum atomic E-state index is -0.915. The molecule has 1 N–H and O–H groups in total. The number of alkyl carbamates (subject to hydrolysis) is 1. The molecule has 0 heterocycles. The van der Waals surface area contributed by atoms with Gasteiger partial charge in [0.15, 0.2) is 0 Å². The molecule has 0 aromatic heterocycles. The highest BCUT2D eigenvalue weighted by molar-refractivity contribution is 6.07. The third kappa shape index (κ3) is 5.75. The predicted octanol–water partition coefficient (Wildman–Crippen LogP) is 5.21. The van der Waals surface area contributed by atoms with E-state index in [1.165, 1.54) is 13.2 Å². The number of hydrogen-bond acceptors (Lipinski definition) is 7. The highest BCUT2D eigenvalue weighted by Gasteiger charge is 2.30. The summed E-state index contributed by atoms with van der Waals surface area (Å²) in [6.07, 6.45) is -0.915. The highest BCUT2D eigenvalue weighted by atomic mass is 16.6. The molecule has 0 atom stereocenters. The van der Waals surface area contributed by atoms with Crippen molar-refractivity contribution >= 4 is 34.1 Å². The molecule has 0 bridgehead atoms. The molecule has 0 saturated heterocycles. The van der Waals surface area contributed by atoms with Crippen LogP contribution >= 0.6 is 0 Å². The lowest BCUT2D eigenvalue weighted by Crippen LogP contribution is -2.35. The van der Waals surface area contributed by atoms with E-state index in [2.05, 4.69) is 5.32 Å². The molecule has 35 heavy (non-hydrogen) atoms. The van der Waals surface area contributed by atoms with E-state index in [0.29, 0.717) is 22.1 Å². The van der Waals surface area contributed by atoms with Gasteiger partial charge in [-0.05, 0) is 56.0 Å². The van der Waals surface area contributed by atoms with E-state index >= 15 is 0 Å². The number of nitro groups is 1. The van der Waals surface area contributed by atoms with Gasteiger partial charge in [-0.1, -0.05) is 36.4 Å². The molecule has 0 saturated carbocycles. The maximum atomic E-state index is 12.9. The summed E-state index contributed by atoms with van der Waals surface area (Å²) in [6, 6.07) is 16.7. The van der Waals surface area contributed by atoms with Crippen molar-refractivity contribution in [3.05, 3.63) is 87.6 Å². The van der Waals surface area contributed by atoms with Gasteiger partial charge in [-0.15, -0.1) is 0 Å². The Morgan fingerprint density at radius 3 is 2.31 bits per heavy atom. The molecular weight excluding hydrogens is 452 g/mol. The van der Waals surface area contributed by atoms with E-state index in [9.17, 15) is 19.7 Å². The zero-order valence-corrected chi connectivity index (χ0v) is 20.1. The maximum Gasteiger partial charge on any atom is 0.412 e. The SMILES string of the molecule is COC(=O)/C(NC(=O)OC(C)(C)C)=C(/c1cccc(OC)c1)c1ccc2ccccc2c1[N+](=O)[O-]. The van der Waals surface area contributed by atoms with E-state index < -0.39 is 22.6 Å². The lowest BCUT2D eigenvalue weighted by Gasteiger charge is -2.21. The fourth-order valence-corrected chi connectivity index (χ4v) is 3.59. The first-order chi connectivity index (χ1) is 16.6. The van der Waals surface area contributed by atoms with E-state index in [1.807, 2.05) is 0 Å². The Morgan fingerprint density at radius 1 is 0.971 bits per heavy atom. The number of esters is 1. The Morgan fingerprint density at radius 2 is 1.69 bits per heavy atom. The summed E-state index contributed by atoms with van der Waals surface area (Å²) in [5, 5.41) is 15.8. The first-order valence-electron chi connectivity index (χ1n) is 10.7. The fraction of sp³-hybridized carbons (Fsp3) is 0.231. The zero-order chi connectivity index (χ0) is 25.8. The van der Waals surface area contributed by atoms with Crippen LogP contribution in [0.4, 0.5) is 10.5 Å². The van der Waals surface area contributed by atoms with Crippen molar-refractivity contribution < 1.29 is 28.7 Å². The van der Waals surface area contributed by atoms with Crippen LogP contribution in [0.25, 0.3) is 16.3 Å². The number of nitro benzene ring substituents is 1. The van der Waals surface area contributed by atoms with E-state index in [0.717, 1.165) is 7.11 Å². The molecule has 0 aliphatic rings. The number of amides is 1. The van der Waals surface area contributed by atoms with Crippen molar-refractivity contribution in [2.45, 2.75) is 26.4 Å². The van der Waals surface area contributed by atoms with Gasteiger partial charge in [0.2, 0.25) is 0 Å². The second-order valence-corrected chi connectivity index (χ2v) is 8.54. The van der Waals surface area contributed by atoms with Crippen molar-refractivity contribution in [3.63, 3.8) is 0 Å². The number of ether oxygens (including phenoxy) is 3. The molecule has 0 aliphatic heterocycles. The molecule has 182 valence electrons. The van der Waals surface area contributed by atoms with Gasteiger partial charge in [0.05, 0.1) is 30.1 Å². The number of methoxy groups -OCH3 is 2. The van der Waals surface area contributed by atoms with Gasteiger partial charge in [0.25, 0.3) is 5.69 Å². The highest BCUT2D eigenvalue weighted by Crippen LogP contribution is 2.39. The summed E-state index contributed by atoms with van der Waals surface area (Å²) >= 11 is 0. The molecule has 0 radical (unpaired) electrons. The summed E-state index contributed by atoms with van der Waals surface area (Å²) in [5.74, 6) is -0.457. The predicted molar refractivity (Wildman–Crippen MR) is 131 cm³/mol. The maximum absolute atomic E-state index is 12.9. The average molecular weight is 479 g/mol. The molecule has 0 spiro atoms. The van der Waals surface area contributed by atoms with Crippen LogP contribution in [0.3, 0.4) is 0 Å². The first kappa shape index (κ1) is 25.2. The molecule has 3 aromatic carbocycles. The van der Waals surface area contributed by atoms with Gasteiger partial charge < -0.3 is 14.2 Å². The summed E-state index contributed by atoms with van der Waals surface area (Å²) < 4.78 is 15.6. The second-order valence-electron chi connectivity index (χ2n) is 8.54. The second kappa shape index (κ2) is 10.3. The molecule has 0 unspecified atom stereocenters. The monoisotopic (exact) mass is 478 g/mol. The minimum Gasteiger partial charge on any atom is -0.497 e. The zero-order valence-electron chi connectivity index (χ0n) is 20.1. The van der Waals surface area contributed by atoms with Gasteiger partial charge in [-0.2, -0.15) is 0 Å². The Kier molecular flexibility index (Phi) is 7.39. The molecule has 0 aliphatic carbocycles. The topological polar surface area (TPSA) is 117 Å². The summed E-state index contributed by atoms with van der Waals surface area (Å²) in [6.45, 7) is 5.02. The number of fused-ring (bicyclic) bond motifs is 1. The van der Waals surface area contributed by atoms with Gasteiger partial charge in [0.1, 0.15) is 17.0 Å². The molecule has 3 rings (SSSR count). The number of benzene rings is 3. The Labute approximate surface area is 202 Å². The number of rotatable bonds is 6. The van der Waals surface area contributed by atoms with Gasteiger partial charge >= 0.3 is 12.1 Å². The van der Waals surface area contributed by atoms with Crippen LogP contribution in [-0.4, -0.2) is 36.8 Å². The van der Waals surface area contributed by atoms with Crippen LogP contribution in [0.5, 0.6) is 5.75 Å². The van der Waals surface area contributed by atoms with Crippen molar-refractivity contribution in [2.24, 2.45) is 0 Å². The van der Waals surface area contributed by atoms with Crippen LogP contribution in [0.1, 0.15) is 31.9 Å². The standard InChI is InChI=1S/C26H26N2O7/c1-26(2,3)35-25(30)27-22(24(29)34-5)21(17-10-8-11-18(15-17)33-4)20-14-13-16-9-6-7-12-19(16)23(20)28(31)32/h6-15H,1-5H3,(H,27,30)/b22-21+. The fourth-order valence-electron chi connectivity index (χ4n) is 3.59.